The van der Waals surface area contributed by atoms with Gasteiger partial charge in [-0.1, -0.05) is 30.6 Å². The van der Waals surface area contributed by atoms with Gasteiger partial charge in [0.2, 0.25) is 0 Å². The van der Waals surface area contributed by atoms with Crippen molar-refractivity contribution in [3.8, 4) is 0 Å². The van der Waals surface area contributed by atoms with Gasteiger partial charge in [0.15, 0.2) is 0 Å². The van der Waals surface area contributed by atoms with Gasteiger partial charge < -0.3 is 0 Å². The third-order valence-corrected chi connectivity index (χ3v) is 1.80. The Labute approximate surface area is 64.6 Å². The molecule has 58 valence electrons. The average molecular weight is 138 g/mol. The molecule has 0 aliphatic carbocycles. The summed E-state index contributed by atoms with van der Waals surface area (Å²) in [7, 11) is 0. The van der Waals surface area contributed by atoms with E-state index in [1.54, 1.807) is 0 Å². The van der Waals surface area contributed by atoms with E-state index < -0.39 is 0 Å². The van der Waals surface area contributed by atoms with Gasteiger partial charge >= 0.3 is 0 Å². The highest BCUT2D eigenvalue weighted by molar-refractivity contribution is 5.11. The molecule has 0 rings (SSSR count). The molecule has 0 N–H and O–H groups in total. The van der Waals surface area contributed by atoms with Gasteiger partial charge in [-0.15, -0.1) is 6.58 Å². The minimum Gasteiger partial charge on any atom is -0.103 e. The number of hydrogen-bond donors (Lipinski definition) is 0. The Hall–Kier alpha value is -0.520. The van der Waals surface area contributed by atoms with Gasteiger partial charge in [0, 0.05) is 0 Å². The highest BCUT2D eigenvalue weighted by Crippen LogP contribution is 2.12. The van der Waals surface area contributed by atoms with Crippen molar-refractivity contribution in [2.24, 2.45) is 0 Å². The monoisotopic (exact) mass is 138 g/mol. The Balaban J connectivity index is 3.90. The number of allylic oxidation sites excluding steroid dienone is 3. The Bertz CT molecular complexity index is 129. The zero-order chi connectivity index (χ0) is 7.98. The van der Waals surface area contributed by atoms with Crippen LogP contribution in [-0.4, -0.2) is 0 Å². The van der Waals surface area contributed by atoms with Crippen LogP contribution in [0, 0.1) is 0 Å². The van der Waals surface area contributed by atoms with Gasteiger partial charge in [0.05, 0.1) is 0 Å². The van der Waals surface area contributed by atoms with E-state index in [9.17, 15) is 0 Å². The van der Waals surface area contributed by atoms with E-state index in [0.29, 0.717) is 0 Å². The summed E-state index contributed by atoms with van der Waals surface area (Å²) < 4.78 is 0. The lowest BCUT2D eigenvalue weighted by Crippen LogP contribution is -1.82. The Morgan fingerprint density at radius 3 is 2.30 bits per heavy atom. The predicted octanol–water partition coefficient (Wildman–Crippen LogP) is 3.70. The number of hydrogen-bond acceptors (Lipinski definition) is 0. The van der Waals surface area contributed by atoms with Crippen LogP contribution in [0.3, 0.4) is 0 Å². The van der Waals surface area contributed by atoms with E-state index in [4.69, 9.17) is 0 Å². The molecule has 0 saturated heterocycles. The Morgan fingerprint density at radius 2 is 1.90 bits per heavy atom. The standard InChI is InChI=1S/C10H18/c1-5-7-9(3)10(4)8-6-2/h5H,1,6-8H2,2-4H3. The first-order chi connectivity index (χ1) is 4.72. The second-order valence-electron chi connectivity index (χ2n) is 2.80. The molecule has 0 amide bonds. The first-order valence-corrected chi connectivity index (χ1v) is 3.98. The first kappa shape index (κ1) is 9.48. The molecule has 0 atom stereocenters. The minimum absolute atomic E-state index is 1.05. The van der Waals surface area contributed by atoms with Crippen LogP contribution in [-0.2, 0) is 0 Å². The fraction of sp³-hybridized carbons (Fsp3) is 0.600. The quantitative estimate of drug-likeness (QED) is 0.520. The van der Waals surface area contributed by atoms with E-state index in [1.807, 2.05) is 6.08 Å². The van der Waals surface area contributed by atoms with E-state index in [-0.39, 0.29) is 0 Å². The summed E-state index contributed by atoms with van der Waals surface area (Å²) in [4.78, 5) is 0. The van der Waals surface area contributed by atoms with E-state index in [2.05, 4.69) is 27.4 Å². The maximum atomic E-state index is 3.71. The molecule has 0 heteroatoms. The first-order valence-electron chi connectivity index (χ1n) is 3.98. The van der Waals surface area contributed by atoms with Crippen molar-refractivity contribution in [3.05, 3.63) is 23.8 Å². The van der Waals surface area contributed by atoms with Crippen molar-refractivity contribution < 1.29 is 0 Å². The molecule has 0 aliphatic rings. The fourth-order valence-electron chi connectivity index (χ4n) is 0.979. The molecule has 0 aromatic rings. The van der Waals surface area contributed by atoms with Crippen LogP contribution in [0.2, 0.25) is 0 Å². The highest BCUT2D eigenvalue weighted by Gasteiger charge is 1.92. The summed E-state index contributed by atoms with van der Waals surface area (Å²) in [6, 6.07) is 0. The van der Waals surface area contributed by atoms with Gasteiger partial charge in [-0.05, 0) is 26.7 Å². The van der Waals surface area contributed by atoms with Crippen LogP contribution >= 0.6 is 0 Å². The average Bonchev–Trinajstić information content (AvgIpc) is 1.89. The maximum Gasteiger partial charge on any atom is -0.0142 e. The predicted molar refractivity (Wildman–Crippen MR) is 48.1 cm³/mol. The van der Waals surface area contributed by atoms with Crippen LogP contribution in [0.1, 0.15) is 40.0 Å². The van der Waals surface area contributed by atoms with Gasteiger partial charge in [0.1, 0.15) is 0 Å². The number of rotatable bonds is 4. The fourth-order valence-corrected chi connectivity index (χ4v) is 0.979. The maximum absolute atomic E-state index is 3.71. The summed E-state index contributed by atoms with van der Waals surface area (Å²) >= 11 is 0. The van der Waals surface area contributed by atoms with E-state index in [1.165, 1.54) is 24.0 Å². The molecule has 0 aromatic heterocycles. The smallest absolute Gasteiger partial charge is 0.0142 e. The van der Waals surface area contributed by atoms with Gasteiger partial charge in [-0.25, -0.2) is 0 Å². The van der Waals surface area contributed by atoms with Crippen LogP contribution in [0.25, 0.3) is 0 Å². The van der Waals surface area contributed by atoms with Gasteiger partial charge in [-0.2, -0.15) is 0 Å². The summed E-state index contributed by atoms with van der Waals surface area (Å²) in [5.41, 5.74) is 3.01. The molecule has 0 aromatic carbocycles. The summed E-state index contributed by atoms with van der Waals surface area (Å²) in [6.07, 6.45) is 5.50. The summed E-state index contributed by atoms with van der Waals surface area (Å²) in [5.74, 6) is 0. The van der Waals surface area contributed by atoms with Crippen molar-refractivity contribution in [3.63, 3.8) is 0 Å². The lowest BCUT2D eigenvalue weighted by Gasteiger charge is -2.02. The normalized spacial score (nSPS) is 12.7. The third-order valence-electron chi connectivity index (χ3n) is 1.80. The lowest BCUT2D eigenvalue weighted by molar-refractivity contribution is 0.882. The van der Waals surface area contributed by atoms with Crippen LogP contribution in [0.5, 0.6) is 0 Å². The SMILES string of the molecule is C=CCC(C)=C(C)CCC. The zero-order valence-electron chi connectivity index (χ0n) is 7.41. The lowest BCUT2D eigenvalue weighted by atomic mass is 10.0. The summed E-state index contributed by atoms with van der Waals surface area (Å²) in [5, 5.41) is 0. The zero-order valence-corrected chi connectivity index (χ0v) is 7.41. The van der Waals surface area contributed by atoms with Gasteiger partial charge in [0.25, 0.3) is 0 Å². The molecule has 0 radical (unpaired) electrons. The van der Waals surface area contributed by atoms with Crippen molar-refractivity contribution in [1.29, 1.82) is 0 Å². The Morgan fingerprint density at radius 1 is 1.30 bits per heavy atom. The van der Waals surface area contributed by atoms with Gasteiger partial charge in [-0.3, -0.25) is 0 Å². The van der Waals surface area contributed by atoms with Crippen molar-refractivity contribution >= 4 is 0 Å². The molecule has 0 fully saturated rings. The van der Waals surface area contributed by atoms with E-state index >= 15 is 0 Å². The molecular weight excluding hydrogens is 120 g/mol. The second-order valence-corrected chi connectivity index (χ2v) is 2.80. The topological polar surface area (TPSA) is 0 Å². The minimum atomic E-state index is 1.05. The van der Waals surface area contributed by atoms with Crippen LogP contribution in [0.4, 0.5) is 0 Å². The molecular formula is C10H18. The summed E-state index contributed by atoms with van der Waals surface area (Å²) in [6.45, 7) is 10.3. The molecule has 0 bridgehead atoms. The largest absolute Gasteiger partial charge is 0.103 e. The van der Waals surface area contributed by atoms with Crippen molar-refractivity contribution in [2.75, 3.05) is 0 Å². The molecule has 0 nitrogen and oxygen atoms in total. The molecule has 0 unspecified atom stereocenters. The molecule has 0 saturated carbocycles. The molecule has 0 heterocycles. The second kappa shape index (κ2) is 5.28. The Kier molecular flexibility index (Phi) is 5.00. The van der Waals surface area contributed by atoms with Crippen LogP contribution in [0.15, 0.2) is 23.8 Å². The molecule has 10 heavy (non-hydrogen) atoms. The molecule has 0 spiro atoms. The van der Waals surface area contributed by atoms with Crippen molar-refractivity contribution in [1.82, 2.24) is 0 Å². The third kappa shape index (κ3) is 3.49. The van der Waals surface area contributed by atoms with Crippen molar-refractivity contribution in [2.45, 2.75) is 40.0 Å². The van der Waals surface area contributed by atoms with Crippen LogP contribution < -0.4 is 0 Å². The molecule has 0 aliphatic heterocycles. The highest BCUT2D eigenvalue weighted by atomic mass is 14.0. The van der Waals surface area contributed by atoms with E-state index in [0.717, 1.165) is 6.42 Å².